The standard InChI is InChI=1S/C52H37N/c1-4-12-38(13-5-1)40-20-22-41(23-21-40)43-26-33-48(34-27-43)53(47-31-24-42(25-32-47)39-14-6-2-7-15-39)49-35-28-46(29-36-49)52-50-19-11-10-18-45(50)30-37-51(52)44-16-8-3-9-17-44/h1-37H/i26D,27D,28D,29D,33D,34D,35D,36D. The molecule has 9 aromatic carbocycles. The van der Waals surface area contributed by atoms with E-state index in [1.165, 1.54) is 4.90 Å². The summed E-state index contributed by atoms with van der Waals surface area (Å²) in [6.45, 7) is 0. The lowest BCUT2D eigenvalue weighted by Crippen LogP contribution is -2.09. The molecule has 1 heteroatoms. The molecule has 0 N–H and O–H groups in total. The predicted molar refractivity (Wildman–Crippen MR) is 226 cm³/mol. The molecule has 0 aliphatic heterocycles. The van der Waals surface area contributed by atoms with Crippen LogP contribution in [-0.2, 0) is 0 Å². The molecule has 0 amide bonds. The first kappa shape index (κ1) is 24.3. The molecule has 0 bridgehead atoms. The van der Waals surface area contributed by atoms with Crippen LogP contribution in [0.1, 0.15) is 11.0 Å². The Morgan fingerprint density at radius 3 is 1.25 bits per heavy atom. The summed E-state index contributed by atoms with van der Waals surface area (Å²) < 4.78 is 76.3. The first-order chi connectivity index (χ1) is 29.6. The number of nitrogens with zero attached hydrogens (tertiary/aromatic N) is 1. The van der Waals surface area contributed by atoms with E-state index >= 15 is 0 Å². The van der Waals surface area contributed by atoms with Crippen LogP contribution in [0.25, 0.3) is 66.4 Å². The molecule has 0 atom stereocenters. The van der Waals surface area contributed by atoms with E-state index in [1.54, 1.807) is 24.3 Å². The largest absolute Gasteiger partial charge is 0.311 e. The summed E-state index contributed by atoms with van der Waals surface area (Å²) in [4.78, 5) is 1.35. The topological polar surface area (TPSA) is 3.24 Å². The summed E-state index contributed by atoms with van der Waals surface area (Å²) in [6, 6.07) is 52.5. The molecular formula is C52H37N. The lowest BCUT2D eigenvalue weighted by Gasteiger charge is -2.26. The van der Waals surface area contributed by atoms with E-state index in [0.717, 1.165) is 44.2 Å². The molecule has 0 unspecified atom stereocenters. The molecule has 9 aromatic rings. The van der Waals surface area contributed by atoms with Gasteiger partial charge in [0, 0.05) is 17.1 Å². The average molecular weight is 684 g/mol. The number of rotatable bonds is 8. The van der Waals surface area contributed by atoms with Gasteiger partial charge in [0.2, 0.25) is 0 Å². The molecule has 9 rings (SSSR count). The molecule has 0 aliphatic rings. The first-order valence-electron chi connectivity index (χ1n) is 21.5. The molecule has 0 saturated carbocycles. The van der Waals surface area contributed by atoms with E-state index in [-0.39, 0.29) is 46.7 Å². The van der Waals surface area contributed by atoms with Gasteiger partial charge in [0.1, 0.15) is 0 Å². The van der Waals surface area contributed by atoms with Gasteiger partial charge in [-0.3, -0.25) is 0 Å². The van der Waals surface area contributed by atoms with Gasteiger partial charge >= 0.3 is 0 Å². The average Bonchev–Trinajstić information content (AvgIpc) is 3.31. The number of hydrogen-bond donors (Lipinski definition) is 0. The van der Waals surface area contributed by atoms with Crippen molar-refractivity contribution in [3.8, 4) is 55.6 Å². The number of fused-ring (bicyclic) bond motifs is 1. The Hall–Kier alpha value is -6.96. The number of hydrogen-bond acceptors (Lipinski definition) is 1. The van der Waals surface area contributed by atoms with Gasteiger partial charge in [0.25, 0.3) is 0 Å². The van der Waals surface area contributed by atoms with Crippen molar-refractivity contribution in [3.63, 3.8) is 0 Å². The van der Waals surface area contributed by atoms with Crippen molar-refractivity contribution in [1.82, 2.24) is 0 Å². The van der Waals surface area contributed by atoms with Crippen LogP contribution in [0, 0.1) is 0 Å². The lowest BCUT2D eigenvalue weighted by molar-refractivity contribution is 1.28. The van der Waals surface area contributed by atoms with Gasteiger partial charge in [-0.25, -0.2) is 0 Å². The third-order valence-corrected chi connectivity index (χ3v) is 9.45. The Kier molecular flexibility index (Phi) is 6.57. The molecule has 0 heterocycles. The van der Waals surface area contributed by atoms with E-state index in [1.807, 2.05) is 152 Å². The minimum absolute atomic E-state index is 0.108. The van der Waals surface area contributed by atoms with Gasteiger partial charge in [0.15, 0.2) is 0 Å². The molecule has 0 aliphatic carbocycles. The first-order valence-corrected chi connectivity index (χ1v) is 17.5. The quantitative estimate of drug-likeness (QED) is 0.154. The van der Waals surface area contributed by atoms with Crippen LogP contribution >= 0.6 is 0 Å². The summed E-state index contributed by atoms with van der Waals surface area (Å²) in [5, 5.41) is 1.63. The second-order valence-corrected chi connectivity index (χ2v) is 12.7. The van der Waals surface area contributed by atoms with Gasteiger partial charge in [0.05, 0.1) is 11.0 Å². The Balaban J connectivity index is 1.27. The zero-order valence-electron chi connectivity index (χ0n) is 36.7. The van der Waals surface area contributed by atoms with E-state index in [2.05, 4.69) is 0 Å². The summed E-state index contributed by atoms with van der Waals surface area (Å²) in [6.07, 6.45) is 0. The highest BCUT2D eigenvalue weighted by Gasteiger charge is 2.16. The van der Waals surface area contributed by atoms with Crippen molar-refractivity contribution in [1.29, 1.82) is 0 Å². The molecule has 53 heavy (non-hydrogen) atoms. The Morgan fingerprint density at radius 2 is 0.698 bits per heavy atom. The zero-order valence-corrected chi connectivity index (χ0v) is 28.7. The highest BCUT2D eigenvalue weighted by Crippen LogP contribution is 2.41. The maximum Gasteiger partial charge on any atom is 0.0645 e. The summed E-state index contributed by atoms with van der Waals surface area (Å²) in [5.41, 5.74) is 6.57. The normalized spacial score (nSPS) is 13.1. The predicted octanol–water partition coefficient (Wildman–Crippen LogP) is 14.6. The molecule has 1 nitrogen and oxygen atoms in total. The fraction of sp³-hybridized carbons (Fsp3) is 0. The van der Waals surface area contributed by atoms with Crippen molar-refractivity contribution in [3.05, 3.63) is 224 Å². The smallest absolute Gasteiger partial charge is 0.0645 e. The van der Waals surface area contributed by atoms with Crippen molar-refractivity contribution in [2.24, 2.45) is 0 Å². The van der Waals surface area contributed by atoms with Crippen molar-refractivity contribution < 1.29 is 11.0 Å². The van der Waals surface area contributed by atoms with Crippen LogP contribution in [0.3, 0.4) is 0 Å². The van der Waals surface area contributed by atoms with E-state index in [4.69, 9.17) is 0 Å². The van der Waals surface area contributed by atoms with Crippen molar-refractivity contribution in [2.75, 3.05) is 4.90 Å². The molecule has 0 fully saturated rings. The van der Waals surface area contributed by atoms with Gasteiger partial charge in [-0.2, -0.15) is 0 Å². The van der Waals surface area contributed by atoms with Crippen LogP contribution in [0.15, 0.2) is 224 Å². The second-order valence-electron chi connectivity index (χ2n) is 12.7. The van der Waals surface area contributed by atoms with Crippen LogP contribution < -0.4 is 4.90 Å². The number of anilines is 3. The second kappa shape index (κ2) is 14.3. The third kappa shape index (κ3) is 6.53. The maximum absolute atomic E-state index is 9.68. The molecule has 0 saturated heterocycles. The van der Waals surface area contributed by atoms with Crippen LogP contribution in [-0.4, -0.2) is 0 Å². The molecule has 0 radical (unpaired) electrons. The van der Waals surface area contributed by atoms with Gasteiger partial charge < -0.3 is 4.90 Å². The van der Waals surface area contributed by atoms with Crippen molar-refractivity contribution >= 4 is 27.8 Å². The maximum atomic E-state index is 9.68. The number of benzene rings is 9. The summed E-state index contributed by atoms with van der Waals surface area (Å²) >= 11 is 0. The van der Waals surface area contributed by atoms with Gasteiger partial charge in [-0.1, -0.05) is 188 Å². The van der Waals surface area contributed by atoms with Gasteiger partial charge in [-0.05, 0) is 103 Å². The monoisotopic (exact) mass is 683 g/mol. The fourth-order valence-electron chi connectivity index (χ4n) is 6.77. The van der Waals surface area contributed by atoms with Crippen LogP contribution in [0.2, 0.25) is 0 Å². The minimum Gasteiger partial charge on any atom is -0.311 e. The summed E-state index contributed by atoms with van der Waals surface area (Å²) in [5.74, 6) is 0. The fourth-order valence-corrected chi connectivity index (χ4v) is 6.77. The van der Waals surface area contributed by atoms with Gasteiger partial charge in [-0.15, -0.1) is 0 Å². The Labute approximate surface area is 323 Å². The molecule has 250 valence electrons. The van der Waals surface area contributed by atoms with E-state index < -0.39 is 24.2 Å². The lowest BCUT2D eigenvalue weighted by atomic mass is 9.89. The highest BCUT2D eigenvalue weighted by atomic mass is 15.1. The third-order valence-electron chi connectivity index (χ3n) is 9.45. The Morgan fingerprint density at radius 1 is 0.283 bits per heavy atom. The zero-order chi connectivity index (χ0) is 42.4. The van der Waals surface area contributed by atoms with Crippen LogP contribution in [0.4, 0.5) is 17.1 Å². The molecular weight excluding hydrogens is 639 g/mol. The summed E-state index contributed by atoms with van der Waals surface area (Å²) in [7, 11) is 0. The highest BCUT2D eigenvalue weighted by molar-refractivity contribution is 6.04. The van der Waals surface area contributed by atoms with Crippen LogP contribution in [0.5, 0.6) is 0 Å². The minimum atomic E-state index is -0.396. The molecule has 0 spiro atoms. The van der Waals surface area contributed by atoms with E-state index in [9.17, 15) is 11.0 Å². The SMILES string of the molecule is [2H]c1c([2H])c(N(c2ccc(-c3ccccc3)cc2)c2c([2H])c([2H])c(-c3c(-c4ccccc4)ccc4ccccc34)c([2H])c2[2H])c([2H])c([2H])c1-c1ccc(-c2ccccc2)cc1. The van der Waals surface area contributed by atoms with Crippen molar-refractivity contribution in [2.45, 2.75) is 0 Å². The molecule has 0 aromatic heterocycles. The van der Waals surface area contributed by atoms with E-state index in [0.29, 0.717) is 16.8 Å². The Bertz CT molecular complexity index is 3020.